The van der Waals surface area contributed by atoms with Gasteiger partial charge in [0.2, 0.25) is 0 Å². The molecule has 2 aromatic rings. The van der Waals surface area contributed by atoms with Crippen LogP contribution in [0.1, 0.15) is 19.4 Å². The van der Waals surface area contributed by atoms with Gasteiger partial charge in [-0.3, -0.25) is 0 Å². The molecule has 0 amide bonds. The summed E-state index contributed by atoms with van der Waals surface area (Å²) in [4.78, 5) is 0. The van der Waals surface area contributed by atoms with Gasteiger partial charge in [-0.2, -0.15) is 0 Å². The zero-order valence-corrected chi connectivity index (χ0v) is 13.7. The fourth-order valence-electron chi connectivity index (χ4n) is 1.93. The van der Waals surface area contributed by atoms with Crippen LogP contribution >= 0.6 is 23.2 Å². The summed E-state index contributed by atoms with van der Waals surface area (Å²) in [6.45, 7) is 5.99. The highest BCUT2D eigenvalue weighted by Gasteiger charge is 2.08. The topological polar surface area (TPSA) is 21.3 Å². The first-order valence-corrected chi connectivity index (χ1v) is 7.73. The second-order valence-corrected chi connectivity index (χ2v) is 6.15. The summed E-state index contributed by atoms with van der Waals surface area (Å²) in [6.07, 6.45) is 0. The first-order chi connectivity index (χ1) is 10.1. The largest absolute Gasteiger partial charge is 0.455 e. The molecule has 0 spiro atoms. The quantitative estimate of drug-likeness (QED) is 0.754. The highest BCUT2D eigenvalue weighted by Crippen LogP contribution is 2.32. The van der Waals surface area contributed by atoms with Crippen molar-refractivity contribution in [2.24, 2.45) is 5.92 Å². The van der Waals surface area contributed by atoms with E-state index in [9.17, 15) is 0 Å². The predicted molar refractivity (Wildman–Crippen MR) is 89.5 cm³/mol. The first kappa shape index (κ1) is 16.2. The normalized spacial score (nSPS) is 10.9. The van der Waals surface area contributed by atoms with Crippen LogP contribution in [0, 0.1) is 5.92 Å². The molecule has 0 aliphatic heterocycles. The van der Waals surface area contributed by atoms with E-state index in [0.29, 0.717) is 28.3 Å². The van der Waals surface area contributed by atoms with E-state index >= 15 is 0 Å². The van der Waals surface area contributed by atoms with Crippen LogP contribution in [0.25, 0.3) is 0 Å². The molecular formula is C17H19Cl2NO. The maximum absolute atomic E-state index is 6.14. The van der Waals surface area contributed by atoms with Gasteiger partial charge in [0.25, 0.3) is 0 Å². The fraction of sp³-hybridized carbons (Fsp3) is 0.294. The van der Waals surface area contributed by atoms with E-state index in [1.165, 1.54) is 0 Å². The molecule has 0 atom stereocenters. The van der Waals surface area contributed by atoms with Crippen molar-refractivity contribution >= 4 is 23.2 Å². The summed E-state index contributed by atoms with van der Waals surface area (Å²) in [5.74, 6) is 2.01. The third-order valence-corrected chi connectivity index (χ3v) is 3.49. The molecule has 0 saturated carbocycles. The monoisotopic (exact) mass is 323 g/mol. The second-order valence-electron chi connectivity index (χ2n) is 5.31. The van der Waals surface area contributed by atoms with Gasteiger partial charge in [-0.1, -0.05) is 49.2 Å². The number of halogens is 2. The van der Waals surface area contributed by atoms with Gasteiger partial charge < -0.3 is 10.1 Å². The van der Waals surface area contributed by atoms with Gasteiger partial charge in [-0.15, -0.1) is 0 Å². The van der Waals surface area contributed by atoms with Gasteiger partial charge in [-0.25, -0.2) is 0 Å². The molecule has 2 aromatic carbocycles. The lowest BCUT2D eigenvalue weighted by Crippen LogP contribution is -2.19. The minimum Gasteiger partial charge on any atom is -0.455 e. The molecule has 0 aromatic heterocycles. The van der Waals surface area contributed by atoms with E-state index in [2.05, 4.69) is 19.2 Å². The van der Waals surface area contributed by atoms with Crippen LogP contribution in [0.3, 0.4) is 0 Å². The second kappa shape index (κ2) is 7.69. The van der Waals surface area contributed by atoms with Gasteiger partial charge in [-0.05, 0) is 42.8 Å². The Morgan fingerprint density at radius 2 is 1.81 bits per heavy atom. The van der Waals surface area contributed by atoms with Crippen molar-refractivity contribution in [1.29, 1.82) is 0 Å². The minimum absolute atomic E-state index is 0.591. The first-order valence-electron chi connectivity index (χ1n) is 6.98. The summed E-state index contributed by atoms with van der Waals surface area (Å²) in [5, 5.41) is 4.69. The molecule has 4 heteroatoms. The lowest BCUT2D eigenvalue weighted by Gasteiger charge is -2.14. The van der Waals surface area contributed by atoms with Crippen LogP contribution in [-0.4, -0.2) is 6.54 Å². The average Bonchev–Trinajstić information content (AvgIpc) is 2.43. The Balaban J connectivity index is 2.16. The molecule has 0 heterocycles. The molecule has 2 nitrogen and oxygen atoms in total. The van der Waals surface area contributed by atoms with E-state index in [0.717, 1.165) is 17.9 Å². The maximum Gasteiger partial charge on any atom is 0.146 e. The van der Waals surface area contributed by atoms with Crippen molar-refractivity contribution in [3.63, 3.8) is 0 Å². The summed E-state index contributed by atoms with van der Waals surface area (Å²) < 4.78 is 5.92. The Labute approximate surface area is 136 Å². The number of hydrogen-bond donors (Lipinski definition) is 1. The number of nitrogens with one attached hydrogen (secondary N) is 1. The van der Waals surface area contributed by atoms with Crippen LogP contribution in [0.15, 0.2) is 42.5 Å². The standard InChI is InChI=1S/C17H19Cl2NO/c1-12(2)10-20-11-13-9-14(18)7-8-16(13)21-17-6-4-3-5-15(17)19/h3-9,12,20H,10-11H2,1-2H3. The molecular weight excluding hydrogens is 305 g/mol. The number of para-hydroxylation sites is 1. The molecule has 0 saturated heterocycles. The smallest absolute Gasteiger partial charge is 0.146 e. The zero-order chi connectivity index (χ0) is 15.2. The number of hydrogen-bond acceptors (Lipinski definition) is 2. The fourth-order valence-corrected chi connectivity index (χ4v) is 2.30. The lowest BCUT2D eigenvalue weighted by molar-refractivity contribution is 0.469. The Bertz CT molecular complexity index is 599. The van der Waals surface area contributed by atoms with Crippen LogP contribution in [0.4, 0.5) is 0 Å². The molecule has 0 radical (unpaired) electrons. The summed E-state index contributed by atoms with van der Waals surface area (Å²) in [7, 11) is 0. The van der Waals surface area contributed by atoms with Crippen molar-refractivity contribution in [2.75, 3.05) is 6.54 Å². The molecule has 0 bridgehead atoms. The van der Waals surface area contributed by atoms with E-state index in [1.54, 1.807) is 0 Å². The van der Waals surface area contributed by atoms with E-state index in [-0.39, 0.29) is 0 Å². The summed E-state index contributed by atoms with van der Waals surface area (Å²) in [6, 6.07) is 13.0. The number of benzene rings is 2. The molecule has 21 heavy (non-hydrogen) atoms. The average molecular weight is 324 g/mol. The molecule has 0 aliphatic rings. The van der Waals surface area contributed by atoms with Crippen molar-refractivity contribution < 1.29 is 4.74 Å². The molecule has 0 aliphatic carbocycles. The van der Waals surface area contributed by atoms with Crippen molar-refractivity contribution in [2.45, 2.75) is 20.4 Å². The molecule has 112 valence electrons. The van der Waals surface area contributed by atoms with Gasteiger partial charge in [0.1, 0.15) is 11.5 Å². The maximum atomic E-state index is 6.14. The highest BCUT2D eigenvalue weighted by molar-refractivity contribution is 6.32. The predicted octanol–water partition coefficient (Wildman–Crippen LogP) is 5.53. The van der Waals surface area contributed by atoms with Crippen molar-refractivity contribution in [1.82, 2.24) is 5.32 Å². The van der Waals surface area contributed by atoms with E-state index < -0.39 is 0 Å². The lowest BCUT2D eigenvalue weighted by atomic mass is 10.1. The minimum atomic E-state index is 0.591. The highest BCUT2D eigenvalue weighted by atomic mass is 35.5. The molecule has 0 fully saturated rings. The van der Waals surface area contributed by atoms with Gasteiger partial charge in [0.05, 0.1) is 5.02 Å². The Hall–Kier alpha value is -1.22. The summed E-state index contributed by atoms with van der Waals surface area (Å²) >= 11 is 12.2. The van der Waals surface area contributed by atoms with Gasteiger partial charge >= 0.3 is 0 Å². The molecule has 2 rings (SSSR count). The van der Waals surface area contributed by atoms with Crippen LogP contribution in [0.5, 0.6) is 11.5 Å². The van der Waals surface area contributed by atoms with Gasteiger partial charge in [0, 0.05) is 17.1 Å². The van der Waals surface area contributed by atoms with Gasteiger partial charge in [0.15, 0.2) is 0 Å². The SMILES string of the molecule is CC(C)CNCc1cc(Cl)ccc1Oc1ccccc1Cl. The van der Waals surface area contributed by atoms with E-state index in [1.807, 2.05) is 42.5 Å². The summed E-state index contributed by atoms with van der Waals surface area (Å²) in [5.41, 5.74) is 1.02. The third kappa shape index (κ3) is 4.92. The van der Waals surface area contributed by atoms with Crippen LogP contribution in [-0.2, 0) is 6.54 Å². The van der Waals surface area contributed by atoms with Crippen molar-refractivity contribution in [3.8, 4) is 11.5 Å². The third-order valence-electron chi connectivity index (χ3n) is 2.95. The van der Waals surface area contributed by atoms with E-state index in [4.69, 9.17) is 27.9 Å². The molecule has 1 N–H and O–H groups in total. The number of ether oxygens (including phenoxy) is 1. The molecule has 0 unspecified atom stereocenters. The zero-order valence-electron chi connectivity index (χ0n) is 12.2. The van der Waals surface area contributed by atoms with Crippen LogP contribution in [0.2, 0.25) is 10.0 Å². The van der Waals surface area contributed by atoms with Crippen molar-refractivity contribution in [3.05, 3.63) is 58.1 Å². The number of rotatable bonds is 6. The Morgan fingerprint density at radius 3 is 2.52 bits per heavy atom. The van der Waals surface area contributed by atoms with Crippen LogP contribution < -0.4 is 10.1 Å². The Morgan fingerprint density at radius 1 is 1.05 bits per heavy atom. The Kier molecular flexibility index (Phi) is 5.92.